The smallest absolute Gasteiger partial charge is 0.240 e. The lowest BCUT2D eigenvalue weighted by atomic mass is 9.82. The van der Waals surface area contributed by atoms with Gasteiger partial charge in [-0.15, -0.1) is 0 Å². The normalized spacial score (nSPS) is 16.9. The minimum absolute atomic E-state index is 0.0269. The Balaban J connectivity index is 1.65. The molecule has 2 aromatic carbocycles. The standard InChI is InChI=1S/C19H22N2O3S/c1-20-25(23,24)16-11-9-14(10-12-16)13-21-19(22)18-8-4-6-15-5-2-3-7-17(15)18/h2-3,5,7,9-12,18,20H,4,6,8,13H2,1H3,(H,21,22). The van der Waals surface area contributed by atoms with Crippen LogP contribution >= 0.6 is 0 Å². The molecule has 2 N–H and O–H groups in total. The molecule has 0 radical (unpaired) electrons. The van der Waals surface area contributed by atoms with Gasteiger partial charge in [0.25, 0.3) is 0 Å². The highest BCUT2D eigenvalue weighted by Gasteiger charge is 2.25. The summed E-state index contributed by atoms with van der Waals surface area (Å²) in [5.41, 5.74) is 3.25. The van der Waals surface area contributed by atoms with Crippen molar-refractivity contribution in [2.24, 2.45) is 0 Å². The third-order valence-corrected chi connectivity index (χ3v) is 6.09. The van der Waals surface area contributed by atoms with Gasteiger partial charge in [0.15, 0.2) is 0 Å². The van der Waals surface area contributed by atoms with E-state index in [4.69, 9.17) is 0 Å². The van der Waals surface area contributed by atoms with Gasteiger partial charge in [0.05, 0.1) is 10.8 Å². The Morgan fingerprint density at radius 1 is 1.12 bits per heavy atom. The summed E-state index contributed by atoms with van der Waals surface area (Å²) in [4.78, 5) is 12.8. The molecule has 2 aromatic rings. The molecule has 1 amide bonds. The van der Waals surface area contributed by atoms with Crippen LogP contribution in [0.1, 0.15) is 35.4 Å². The second-order valence-corrected chi connectivity index (χ2v) is 8.10. The van der Waals surface area contributed by atoms with Crippen LogP contribution < -0.4 is 10.0 Å². The number of nitrogens with one attached hydrogen (secondary N) is 2. The van der Waals surface area contributed by atoms with E-state index in [-0.39, 0.29) is 16.7 Å². The number of sulfonamides is 1. The molecule has 25 heavy (non-hydrogen) atoms. The van der Waals surface area contributed by atoms with Gasteiger partial charge >= 0.3 is 0 Å². The second-order valence-electron chi connectivity index (χ2n) is 6.21. The number of carbonyl (C=O) groups excluding carboxylic acids is 1. The lowest BCUT2D eigenvalue weighted by molar-refractivity contribution is -0.123. The van der Waals surface area contributed by atoms with Gasteiger partial charge in [-0.25, -0.2) is 13.1 Å². The fraction of sp³-hybridized carbons (Fsp3) is 0.316. The Morgan fingerprint density at radius 2 is 1.84 bits per heavy atom. The van der Waals surface area contributed by atoms with E-state index in [1.54, 1.807) is 24.3 Å². The Kier molecular flexibility index (Phi) is 5.20. The number of hydrogen-bond acceptors (Lipinski definition) is 3. The molecular formula is C19H22N2O3S. The molecular weight excluding hydrogens is 336 g/mol. The van der Waals surface area contributed by atoms with Gasteiger partial charge in [0, 0.05) is 6.54 Å². The van der Waals surface area contributed by atoms with Crippen LogP contribution in [0.2, 0.25) is 0 Å². The molecule has 0 saturated carbocycles. The van der Waals surface area contributed by atoms with Crippen molar-refractivity contribution in [1.29, 1.82) is 0 Å². The van der Waals surface area contributed by atoms with E-state index in [2.05, 4.69) is 16.1 Å². The third-order valence-electron chi connectivity index (χ3n) is 4.66. The summed E-state index contributed by atoms with van der Waals surface area (Å²) in [5, 5.41) is 2.98. The van der Waals surface area contributed by atoms with Crippen LogP contribution in [-0.2, 0) is 27.8 Å². The highest BCUT2D eigenvalue weighted by molar-refractivity contribution is 7.89. The average molecular weight is 358 g/mol. The maximum Gasteiger partial charge on any atom is 0.240 e. The summed E-state index contributed by atoms with van der Waals surface area (Å²) >= 11 is 0. The Hall–Kier alpha value is -2.18. The summed E-state index contributed by atoms with van der Waals surface area (Å²) in [5.74, 6) is -0.0760. The molecule has 0 aromatic heterocycles. The number of benzene rings is 2. The topological polar surface area (TPSA) is 75.3 Å². The van der Waals surface area contributed by atoms with E-state index < -0.39 is 10.0 Å². The molecule has 1 aliphatic rings. The number of amides is 1. The highest BCUT2D eigenvalue weighted by Crippen LogP contribution is 2.31. The summed E-state index contributed by atoms with van der Waals surface area (Å²) in [6, 6.07) is 14.7. The van der Waals surface area contributed by atoms with Crippen molar-refractivity contribution in [2.75, 3.05) is 7.05 Å². The minimum Gasteiger partial charge on any atom is -0.351 e. The van der Waals surface area contributed by atoms with Crippen molar-refractivity contribution in [3.05, 3.63) is 65.2 Å². The molecule has 0 spiro atoms. The van der Waals surface area contributed by atoms with Gasteiger partial charge in [-0.1, -0.05) is 36.4 Å². The molecule has 0 saturated heterocycles. The molecule has 5 nitrogen and oxygen atoms in total. The van der Waals surface area contributed by atoms with Crippen LogP contribution in [0.4, 0.5) is 0 Å². The van der Waals surface area contributed by atoms with Gasteiger partial charge in [-0.3, -0.25) is 4.79 Å². The monoisotopic (exact) mass is 358 g/mol. The molecule has 1 unspecified atom stereocenters. The molecule has 0 bridgehead atoms. The Morgan fingerprint density at radius 3 is 2.56 bits per heavy atom. The van der Waals surface area contributed by atoms with Crippen LogP contribution in [0.25, 0.3) is 0 Å². The van der Waals surface area contributed by atoms with Gasteiger partial charge < -0.3 is 5.32 Å². The number of rotatable bonds is 5. The van der Waals surface area contributed by atoms with Crippen LogP contribution in [0.15, 0.2) is 53.4 Å². The van der Waals surface area contributed by atoms with E-state index in [9.17, 15) is 13.2 Å². The predicted octanol–water partition coefficient (Wildman–Crippen LogP) is 2.33. The molecule has 132 valence electrons. The van der Waals surface area contributed by atoms with Gasteiger partial charge in [-0.2, -0.15) is 0 Å². The Labute approximate surface area is 148 Å². The molecule has 3 rings (SSSR count). The van der Waals surface area contributed by atoms with Crippen molar-refractivity contribution in [3.8, 4) is 0 Å². The zero-order valence-electron chi connectivity index (χ0n) is 14.2. The quantitative estimate of drug-likeness (QED) is 0.861. The first-order valence-electron chi connectivity index (χ1n) is 8.39. The fourth-order valence-electron chi connectivity index (χ4n) is 3.24. The van der Waals surface area contributed by atoms with Crippen molar-refractivity contribution < 1.29 is 13.2 Å². The van der Waals surface area contributed by atoms with E-state index in [0.717, 1.165) is 30.4 Å². The van der Waals surface area contributed by atoms with Gasteiger partial charge in [0.1, 0.15) is 0 Å². The first-order valence-corrected chi connectivity index (χ1v) is 9.87. The maximum absolute atomic E-state index is 12.6. The minimum atomic E-state index is -3.43. The van der Waals surface area contributed by atoms with E-state index in [1.807, 2.05) is 18.2 Å². The van der Waals surface area contributed by atoms with Crippen LogP contribution in [0.3, 0.4) is 0 Å². The molecule has 6 heteroatoms. The number of hydrogen-bond donors (Lipinski definition) is 2. The van der Waals surface area contributed by atoms with Gasteiger partial charge in [0.2, 0.25) is 15.9 Å². The van der Waals surface area contributed by atoms with E-state index in [0.29, 0.717) is 6.54 Å². The first kappa shape index (κ1) is 17.6. The zero-order valence-corrected chi connectivity index (χ0v) is 15.0. The summed E-state index contributed by atoms with van der Waals surface area (Å²) in [6.07, 6.45) is 2.91. The van der Waals surface area contributed by atoms with Crippen molar-refractivity contribution in [2.45, 2.75) is 36.6 Å². The van der Waals surface area contributed by atoms with Crippen LogP contribution in [0, 0.1) is 0 Å². The first-order chi connectivity index (χ1) is 12.0. The number of carbonyl (C=O) groups is 1. The summed E-state index contributed by atoms with van der Waals surface area (Å²) in [7, 11) is -2.05. The SMILES string of the molecule is CNS(=O)(=O)c1ccc(CNC(=O)C2CCCc3ccccc32)cc1. The second kappa shape index (κ2) is 7.37. The third kappa shape index (κ3) is 3.91. The van der Waals surface area contributed by atoms with Crippen LogP contribution in [-0.4, -0.2) is 21.4 Å². The molecule has 1 atom stereocenters. The van der Waals surface area contributed by atoms with E-state index >= 15 is 0 Å². The summed E-state index contributed by atoms with van der Waals surface area (Å²) in [6.45, 7) is 0.386. The maximum atomic E-state index is 12.6. The van der Waals surface area contributed by atoms with Gasteiger partial charge in [-0.05, 0) is 55.1 Å². The highest BCUT2D eigenvalue weighted by atomic mass is 32.2. The van der Waals surface area contributed by atoms with Crippen LogP contribution in [0.5, 0.6) is 0 Å². The molecule has 1 aliphatic carbocycles. The lowest BCUT2D eigenvalue weighted by Crippen LogP contribution is -2.31. The predicted molar refractivity (Wildman–Crippen MR) is 96.7 cm³/mol. The lowest BCUT2D eigenvalue weighted by Gasteiger charge is -2.24. The van der Waals surface area contributed by atoms with E-state index in [1.165, 1.54) is 12.6 Å². The zero-order chi connectivity index (χ0) is 17.9. The molecule has 0 fully saturated rings. The molecule has 0 aliphatic heterocycles. The fourth-order valence-corrected chi connectivity index (χ4v) is 3.97. The number of fused-ring (bicyclic) bond motifs is 1. The Bertz CT molecular complexity index is 860. The molecule has 0 heterocycles. The van der Waals surface area contributed by atoms with Crippen molar-refractivity contribution >= 4 is 15.9 Å². The van der Waals surface area contributed by atoms with Crippen molar-refractivity contribution in [1.82, 2.24) is 10.0 Å². The largest absolute Gasteiger partial charge is 0.351 e. The summed E-state index contributed by atoms with van der Waals surface area (Å²) < 4.78 is 25.7. The average Bonchev–Trinajstić information content (AvgIpc) is 2.66. The van der Waals surface area contributed by atoms with Crippen molar-refractivity contribution in [3.63, 3.8) is 0 Å². The number of aryl methyl sites for hydroxylation is 1.